The smallest absolute Gasteiger partial charge is 0.222 e. The molecule has 1 unspecified atom stereocenters. The highest BCUT2D eigenvalue weighted by Gasteiger charge is 2.27. The number of ether oxygens (including phenoxy) is 1. The van der Waals surface area contributed by atoms with Crippen molar-refractivity contribution >= 4 is 23.2 Å². The third-order valence-electron chi connectivity index (χ3n) is 6.94. The van der Waals surface area contributed by atoms with Gasteiger partial charge >= 0.3 is 0 Å². The van der Waals surface area contributed by atoms with Crippen molar-refractivity contribution in [2.75, 3.05) is 37.7 Å². The molecule has 31 heavy (non-hydrogen) atoms. The van der Waals surface area contributed by atoms with Crippen molar-refractivity contribution in [3.05, 3.63) is 35.6 Å². The van der Waals surface area contributed by atoms with Crippen LogP contribution in [0.5, 0.6) is 0 Å². The minimum atomic E-state index is 0.0504. The number of nitrogens with zero attached hydrogens (tertiary/aromatic N) is 4. The van der Waals surface area contributed by atoms with Crippen LogP contribution in [0.4, 0.5) is 5.69 Å². The highest BCUT2D eigenvalue weighted by Crippen LogP contribution is 2.34. The first kappa shape index (κ1) is 20.8. The number of hydrogen-bond donors (Lipinski definition) is 0. The first-order chi connectivity index (χ1) is 15.2. The maximum atomic E-state index is 11.9. The highest BCUT2D eigenvalue weighted by atomic mass is 35.5. The van der Waals surface area contributed by atoms with E-state index in [9.17, 15) is 4.79 Å². The molecule has 0 saturated carbocycles. The molecule has 3 saturated heterocycles. The van der Waals surface area contributed by atoms with Gasteiger partial charge in [0.1, 0.15) is 6.23 Å². The Morgan fingerprint density at radius 3 is 2.65 bits per heavy atom. The Labute approximate surface area is 189 Å². The number of halogens is 1. The minimum absolute atomic E-state index is 0.0504. The SMILES string of the molecule is O=C1CCCN1CC1CCN(c2ccc(-c3cnn(C4CCCCO4)c3)cc2Cl)CC1. The standard InChI is InChI=1S/C24H31ClN4O2/c25-21-14-19(20-15-26-29(17-20)24-5-1-2-13-31-24)6-7-22(21)27-11-8-18(9-12-27)16-28-10-3-4-23(28)30/h6-7,14-15,17-18,24H,1-5,8-13,16H2. The molecule has 7 heteroatoms. The van der Waals surface area contributed by atoms with Crippen molar-refractivity contribution in [3.8, 4) is 11.1 Å². The summed E-state index contributed by atoms with van der Waals surface area (Å²) in [7, 11) is 0. The summed E-state index contributed by atoms with van der Waals surface area (Å²) < 4.78 is 7.77. The predicted octanol–water partition coefficient (Wildman–Crippen LogP) is 4.74. The lowest BCUT2D eigenvalue weighted by Crippen LogP contribution is -2.39. The topological polar surface area (TPSA) is 50.6 Å². The van der Waals surface area contributed by atoms with Gasteiger partial charge in [-0.25, -0.2) is 4.68 Å². The molecule has 3 aliphatic heterocycles. The molecule has 1 atom stereocenters. The summed E-state index contributed by atoms with van der Waals surface area (Å²) in [6.45, 7) is 4.65. The van der Waals surface area contributed by atoms with E-state index >= 15 is 0 Å². The van der Waals surface area contributed by atoms with E-state index in [-0.39, 0.29) is 6.23 Å². The van der Waals surface area contributed by atoms with Gasteiger partial charge in [0.25, 0.3) is 0 Å². The molecule has 1 aromatic heterocycles. The van der Waals surface area contributed by atoms with Crippen LogP contribution < -0.4 is 4.90 Å². The van der Waals surface area contributed by atoms with Crippen LogP contribution in [-0.4, -0.2) is 53.4 Å². The second-order valence-corrected chi connectivity index (χ2v) is 9.48. The third kappa shape index (κ3) is 4.60. The molecular weight excluding hydrogens is 412 g/mol. The largest absolute Gasteiger partial charge is 0.370 e. The summed E-state index contributed by atoms with van der Waals surface area (Å²) in [4.78, 5) is 16.3. The Hall–Kier alpha value is -2.05. The summed E-state index contributed by atoms with van der Waals surface area (Å²) in [6, 6.07) is 6.32. The normalized spacial score (nSPS) is 23.0. The Morgan fingerprint density at radius 2 is 1.94 bits per heavy atom. The first-order valence-electron chi connectivity index (χ1n) is 11.7. The van der Waals surface area contributed by atoms with Crippen LogP contribution in [0.1, 0.15) is 51.2 Å². The summed E-state index contributed by atoms with van der Waals surface area (Å²) in [6.07, 6.45) is 11.3. The van der Waals surface area contributed by atoms with Gasteiger partial charge in [-0.15, -0.1) is 0 Å². The fourth-order valence-corrected chi connectivity index (χ4v) is 5.39. The van der Waals surface area contributed by atoms with Gasteiger partial charge in [0, 0.05) is 51.0 Å². The fraction of sp³-hybridized carbons (Fsp3) is 0.583. The van der Waals surface area contributed by atoms with Gasteiger partial charge in [0.2, 0.25) is 5.91 Å². The van der Waals surface area contributed by atoms with Crippen molar-refractivity contribution in [1.82, 2.24) is 14.7 Å². The molecule has 5 rings (SSSR count). The van der Waals surface area contributed by atoms with Gasteiger partial charge in [-0.2, -0.15) is 5.10 Å². The maximum absolute atomic E-state index is 11.9. The molecule has 3 aliphatic rings. The van der Waals surface area contributed by atoms with Crippen LogP contribution in [0.3, 0.4) is 0 Å². The van der Waals surface area contributed by atoms with E-state index in [0.29, 0.717) is 11.8 Å². The molecular formula is C24H31ClN4O2. The number of anilines is 1. The van der Waals surface area contributed by atoms with Crippen LogP contribution in [0, 0.1) is 5.92 Å². The highest BCUT2D eigenvalue weighted by molar-refractivity contribution is 6.33. The van der Waals surface area contributed by atoms with Crippen LogP contribution in [0.25, 0.3) is 11.1 Å². The second-order valence-electron chi connectivity index (χ2n) is 9.07. The molecule has 2 aromatic rings. The summed E-state index contributed by atoms with van der Waals surface area (Å²) in [5, 5.41) is 5.31. The molecule has 4 heterocycles. The predicted molar refractivity (Wildman–Crippen MR) is 122 cm³/mol. The van der Waals surface area contributed by atoms with Crippen molar-refractivity contribution in [1.29, 1.82) is 0 Å². The van der Waals surface area contributed by atoms with Crippen molar-refractivity contribution in [3.63, 3.8) is 0 Å². The zero-order valence-electron chi connectivity index (χ0n) is 18.0. The quantitative estimate of drug-likeness (QED) is 0.671. The number of benzene rings is 1. The van der Waals surface area contributed by atoms with E-state index in [1.807, 2.05) is 10.9 Å². The van der Waals surface area contributed by atoms with Crippen LogP contribution >= 0.6 is 11.6 Å². The van der Waals surface area contributed by atoms with Crippen molar-refractivity contribution < 1.29 is 9.53 Å². The zero-order chi connectivity index (χ0) is 21.2. The van der Waals surface area contributed by atoms with Gasteiger partial charge in [-0.3, -0.25) is 4.79 Å². The van der Waals surface area contributed by atoms with Gasteiger partial charge in [0.15, 0.2) is 0 Å². The first-order valence-corrected chi connectivity index (χ1v) is 12.0. The number of rotatable bonds is 5. The van der Waals surface area contributed by atoms with E-state index in [1.165, 1.54) is 6.42 Å². The van der Waals surface area contributed by atoms with E-state index in [0.717, 1.165) is 93.1 Å². The molecule has 0 spiro atoms. The average Bonchev–Trinajstić information content (AvgIpc) is 3.45. The van der Waals surface area contributed by atoms with E-state index in [1.54, 1.807) is 0 Å². The van der Waals surface area contributed by atoms with E-state index in [4.69, 9.17) is 16.3 Å². The summed E-state index contributed by atoms with van der Waals surface area (Å²) in [5.74, 6) is 0.934. The fourth-order valence-electron chi connectivity index (χ4n) is 5.09. The van der Waals surface area contributed by atoms with Gasteiger partial charge in [-0.1, -0.05) is 17.7 Å². The monoisotopic (exact) mass is 442 g/mol. The van der Waals surface area contributed by atoms with Crippen LogP contribution in [0.15, 0.2) is 30.6 Å². The molecule has 1 amide bonds. The van der Waals surface area contributed by atoms with Crippen LogP contribution in [-0.2, 0) is 9.53 Å². The molecule has 3 fully saturated rings. The Morgan fingerprint density at radius 1 is 1.06 bits per heavy atom. The Kier molecular flexibility index (Phi) is 6.19. The number of aromatic nitrogens is 2. The molecule has 0 aliphatic carbocycles. The third-order valence-corrected chi connectivity index (χ3v) is 7.24. The molecule has 6 nitrogen and oxygen atoms in total. The number of piperidine rings is 1. The number of amides is 1. The second kappa shape index (κ2) is 9.21. The van der Waals surface area contributed by atoms with Gasteiger partial charge in [-0.05, 0) is 62.1 Å². The van der Waals surface area contributed by atoms with Crippen LogP contribution in [0.2, 0.25) is 5.02 Å². The molecule has 0 bridgehead atoms. The number of carbonyl (C=O) groups excluding carboxylic acids is 1. The number of hydrogen-bond acceptors (Lipinski definition) is 4. The Bertz CT molecular complexity index is 916. The molecule has 0 N–H and O–H groups in total. The number of carbonyl (C=O) groups is 1. The molecule has 1 aromatic carbocycles. The lowest BCUT2D eigenvalue weighted by Gasteiger charge is -2.35. The van der Waals surface area contributed by atoms with Crippen molar-refractivity contribution in [2.24, 2.45) is 5.92 Å². The minimum Gasteiger partial charge on any atom is -0.370 e. The van der Waals surface area contributed by atoms with Gasteiger partial charge in [0.05, 0.1) is 16.9 Å². The maximum Gasteiger partial charge on any atom is 0.222 e. The summed E-state index contributed by atoms with van der Waals surface area (Å²) in [5.41, 5.74) is 3.25. The number of likely N-dealkylation sites (tertiary alicyclic amines) is 1. The van der Waals surface area contributed by atoms with Gasteiger partial charge < -0.3 is 14.5 Å². The lowest BCUT2D eigenvalue weighted by atomic mass is 9.95. The summed E-state index contributed by atoms with van der Waals surface area (Å²) >= 11 is 6.71. The lowest BCUT2D eigenvalue weighted by molar-refractivity contribution is -0.128. The zero-order valence-corrected chi connectivity index (χ0v) is 18.8. The average molecular weight is 443 g/mol. The van der Waals surface area contributed by atoms with E-state index < -0.39 is 0 Å². The Balaban J connectivity index is 1.21. The molecule has 0 radical (unpaired) electrons. The van der Waals surface area contributed by atoms with E-state index in [2.05, 4.69) is 39.3 Å². The molecule has 166 valence electrons. The van der Waals surface area contributed by atoms with Crippen molar-refractivity contribution in [2.45, 2.75) is 51.2 Å².